The van der Waals surface area contributed by atoms with E-state index >= 15 is 0 Å². The van der Waals surface area contributed by atoms with Gasteiger partial charge in [-0.3, -0.25) is 10.1 Å². The third-order valence-corrected chi connectivity index (χ3v) is 3.41. The molecule has 0 bridgehead atoms. The fraction of sp³-hybridized carbons (Fsp3) is 0.188. The van der Waals surface area contributed by atoms with Crippen molar-refractivity contribution in [2.75, 3.05) is 13.7 Å². The number of hydrogen-bond donors (Lipinski definition) is 1. The fourth-order valence-electron chi connectivity index (χ4n) is 2.34. The molecule has 23 heavy (non-hydrogen) atoms. The van der Waals surface area contributed by atoms with E-state index in [0.717, 1.165) is 5.56 Å². The number of imidazole rings is 1. The minimum atomic E-state index is -0.430. The number of hydrogen-bond acceptors (Lipinski definition) is 5. The van der Waals surface area contributed by atoms with Crippen LogP contribution >= 0.6 is 0 Å². The van der Waals surface area contributed by atoms with Crippen LogP contribution in [-0.4, -0.2) is 28.6 Å². The van der Waals surface area contributed by atoms with E-state index in [2.05, 4.69) is 9.97 Å². The van der Waals surface area contributed by atoms with Gasteiger partial charge in [-0.05, 0) is 31.2 Å². The second-order valence-electron chi connectivity index (χ2n) is 4.84. The SMILES string of the molecule is CCOc1cc(-c2nc3ccc([N+](=O)[O-])cc3[nH]2)ccc1OC. The zero-order valence-electron chi connectivity index (χ0n) is 12.7. The molecule has 1 aromatic heterocycles. The summed E-state index contributed by atoms with van der Waals surface area (Å²) >= 11 is 0. The Morgan fingerprint density at radius 3 is 2.74 bits per heavy atom. The molecule has 0 amide bonds. The Hall–Kier alpha value is -3.09. The molecule has 7 heteroatoms. The van der Waals surface area contributed by atoms with Gasteiger partial charge >= 0.3 is 0 Å². The van der Waals surface area contributed by atoms with Gasteiger partial charge in [-0.1, -0.05) is 0 Å². The molecule has 0 unspecified atom stereocenters. The van der Waals surface area contributed by atoms with Gasteiger partial charge in [0.2, 0.25) is 0 Å². The smallest absolute Gasteiger partial charge is 0.271 e. The summed E-state index contributed by atoms with van der Waals surface area (Å²) in [6.45, 7) is 2.42. The molecular formula is C16H15N3O4. The molecule has 1 N–H and O–H groups in total. The lowest BCUT2D eigenvalue weighted by atomic mass is 10.2. The predicted molar refractivity (Wildman–Crippen MR) is 85.9 cm³/mol. The Morgan fingerprint density at radius 1 is 1.22 bits per heavy atom. The van der Waals surface area contributed by atoms with Crippen LogP contribution in [0.4, 0.5) is 5.69 Å². The van der Waals surface area contributed by atoms with Crippen molar-refractivity contribution in [3.05, 3.63) is 46.5 Å². The van der Waals surface area contributed by atoms with Crippen molar-refractivity contribution in [1.82, 2.24) is 9.97 Å². The van der Waals surface area contributed by atoms with Crippen LogP contribution in [0.25, 0.3) is 22.4 Å². The molecule has 0 aliphatic rings. The maximum Gasteiger partial charge on any atom is 0.271 e. The highest BCUT2D eigenvalue weighted by Gasteiger charge is 2.12. The van der Waals surface area contributed by atoms with Gasteiger partial charge in [-0.15, -0.1) is 0 Å². The van der Waals surface area contributed by atoms with Crippen molar-refractivity contribution in [3.63, 3.8) is 0 Å². The van der Waals surface area contributed by atoms with Crippen LogP contribution in [0, 0.1) is 10.1 Å². The lowest BCUT2D eigenvalue weighted by Gasteiger charge is -2.10. The number of nitrogens with zero attached hydrogens (tertiary/aromatic N) is 2. The predicted octanol–water partition coefficient (Wildman–Crippen LogP) is 3.55. The van der Waals surface area contributed by atoms with Gasteiger partial charge in [0.15, 0.2) is 11.5 Å². The first-order chi connectivity index (χ1) is 11.1. The molecular weight excluding hydrogens is 298 g/mol. The number of H-pyrrole nitrogens is 1. The second kappa shape index (κ2) is 5.96. The highest BCUT2D eigenvalue weighted by Crippen LogP contribution is 2.32. The first-order valence-corrected chi connectivity index (χ1v) is 7.07. The van der Waals surface area contributed by atoms with E-state index in [1.165, 1.54) is 12.1 Å². The van der Waals surface area contributed by atoms with E-state index in [4.69, 9.17) is 9.47 Å². The summed E-state index contributed by atoms with van der Waals surface area (Å²) in [6.07, 6.45) is 0. The average Bonchev–Trinajstić information content (AvgIpc) is 2.98. The Balaban J connectivity index is 2.05. The highest BCUT2D eigenvalue weighted by atomic mass is 16.6. The summed E-state index contributed by atoms with van der Waals surface area (Å²) in [5.74, 6) is 1.88. The number of nitro benzene ring substituents is 1. The number of fused-ring (bicyclic) bond motifs is 1. The van der Waals surface area contributed by atoms with Gasteiger partial charge in [-0.25, -0.2) is 4.98 Å². The normalized spacial score (nSPS) is 10.7. The summed E-state index contributed by atoms with van der Waals surface area (Å²) < 4.78 is 10.8. The third kappa shape index (κ3) is 2.80. The number of aromatic amines is 1. The van der Waals surface area contributed by atoms with Crippen LogP contribution in [0.15, 0.2) is 36.4 Å². The molecule has 3 rings (SSSR count). The van der Waals surface area contributed by atoms with Gasteiger partial charge in [-0.2, -0.15) is 0 Å². The quantitative estimate of drug-likeness (QED) is 0.574. The summed E-state index contributed by atoms with van der Waals surface area (Å²) in [4.78, 5) is 18.0. The van der Waals surface area contributed by atoms with Crippen LogP contribution in [0.3, 0.4) is 0 Å². The summed E-state index contributed by atoms with van der Waals surface area (Å²) in [6, 6.07) is 10.0. The van der Waals surface area contributed by atoms with Gasteiger partial charge < -0.3 is 14.5 Å². The van der Waals surface area contributed by atoms with Gasteiger partial charge in [0.05, 0.1) is 29.7 Å². The van der Waals surface area contributed by atoms with Crippen molar-refractivity contribution in [2.24, 2.45) is 0 Å². The topological polar surface area (TPSA) is 90.3 Å². The van der Waals surface area contributed by atoms with E-state index in [-0.39, 0.29) is 5.69 Å². The molecule has 118 valence electrons. The summed E-state index contributed by atoms with van der Waals surface area (Å²) in [5.41, 5.74) is 2.12. The van der Waals surface area contributed by atoms with Gasteiger partial charge in [0, 0.05) is 17.7 Å². The second-order valence-corrected chi connectivity index (χ2v) is 4.84. The van der Waals surface area contributed by atoms with Crippen molar-refractivity contribution >= 4 is 16.7 Å². The fourth-order valence-corrected chi connectivity index (χ4v) is 2.34. The molecule has 2 aromatic carbocycles. The van der Waals surface area contributed by atoms with Crippen LogP contribution in [0.5, 0.6) is 11.5 Å². The highest BCUT2D eigenvalue weighted by molar-refractivity contribution is 5.81. The standard InChI is InChI=1S/C16H15N3O4/c1-3-23-15-8-10(4-7-14(15)22-2)16-17-12-6-5-11(19(20)21)9-13(12)18-16/h4-9H,3H2,1-2H3,(H,17,18). The molecule has 0 atom stereocenters. The third-order valence-electron chi connectivity index (χ3n) is 3.41. The Morgan fingerprint density at radius 2 is 2.04 bits per heavy atom. The van der Waals surface area contributed by atoms with Crippen LogP contribution < -0.4 is 9.47 Å². The summed E-state index contributed by atoms with van der Waals surface area (Å²) in [7, 11) is 1.58. The van der Waals surface area contributed by atoms with E-state index < -0.39 is 4.92 Å². The molecule has 0 spiro atoms. The lowest BCUT2D eigenvalue weighted by molar-refractivity contribution is -0.384. The molecule has 3 aromatic rings. The lowest BCUT2D eigenvalue weighted by Crippen LogP contribution is -1.95. The van der Waals surface area contributed by atoms with Crippen molar-refractivity contribution in [1.29, 1.82) is 0 Å². The summed E-state index contributed by atoms with van der Waals surface area (Å²) in [5, 5.41) is 10.8. The van der Waals surface area contributed by atoms with Crippen molar-refractivity contribution in [2.45, 2.75) is 6.92 Å². The number of non-ortho nitro benzene ring substituents is 1. The zero-order valence-corrected chi connectivity index (χ0v) is 12.7. The molecule has 0 aliphatic heterocycles. The Kier molecular flexibility index (Phi) is 3.84. The number of methoxy groups -OCH3 is 1. The molecule has 0 saturated heterocycles. The molecule has 0 fully saturated rings. The number of benzene rings is 2. The van der Waals surface area contributed by atoms with E-state index in [1.54, 1.807) is 19.2 Å². The van der Waals surface area contributed by atoms with E-state index in [1.807, 2.05) is 19.1 Å². The largest absolute Gasteiger partial charge is 0.493 e. The number of rotatable bonds is 5. The van der Waals surface area contributed by atoms with E-state index in [9.17, 15) is 10.1 Å². The van der Waals surface area contributed by atoms with Crippen molar-refractivity contribution in [3.8, 4) is 22.9 Å². The first kappa shape index (κ1) is 14.8. The number of nitrogens with one attached hydrogen (secondary N) is 1. The molecule has 0 aliphatic carbocycles. The minimum absolute atomic E-state index is 0.0254. The maximum absolute atomic E-state index is 10.8. The maximum atomic E-state index is 10.8. The van der Waals surface area contributed by atoms with Gasteiger partial charge in [0.25, 0.3) is 5.69 Å². The van der Waals surface area contributed by atoms with Crippen molar-refractivity contribution < 1.29 is 14.4 Å². The number of aromatic nitrogens is 2. The molecule has 0 radical (unpaired) electrons. The van der Waals surface area contributed by atoms with E-state index in [0.29, 0.717) is 35.0 Å². The Bertz CT molecular complexity index is 873. The van der Waals surface area contributed by atoms with Crippen LogP contribution in [0.2, 0.25) is 0 Å². The number of nitro groups is 1. The molecule has 1 heterocycles. The van der Waals surface area contributed by atoms with Gasteiger partial charge in [0.1, 0.15) is 5.82 Å². The zero-order chi connectivity index (χ0) is 16.4. The molecule has 7 nitrogen and oxygen atoms in total. The first-order valence-electron chi connectivity index (χ1n) is 7.07. The monoisotopic (exact) mass is 313 g/mol. The number of ether oxygens (including phenoxy) is 2. The van der Waals surface area contributed by atoms with Crippen LogP contribution in [-0.2, 0) is 0 Å². The average molecular weight is 313 g/mol. The van der Waals surface area contributed by atoms with Crippen LogP contribution in [0.1, 0.15) is 6.92 Å². The molecule has 0 saturated carbocycles. The minimum Gasteiger partial charge on any atom is -0.493 e. The Labute approximate surface area is 132 Å².